The molecule has 1 aromatic carbocycles. The molecule has 0 saturated heterocycles. The van der Waals surface area contributed by atoms with Crippen molar-refractivity contribution in [1.82, 2.24) is 15.5 Å². The fraction of sp³-hybridized carbons (Fsp3) is 0.654. The summed E-state index contributed by atoms with van der Waals surface area (Å²) in [5.74, 6) is -0.595. The maximum absolute atomic E-state index is 13.9. The van der Waals surface area contributed by atoms with E-state index in [4.69, 9.17) is 4.74 Å². The van der Waals surface area contributed by atoms with Gasteiger partial charge in [-0.25, -0.2) is 4.79 Å². The number of hydrogen-bond acceptors (Lipinski definition) is 5. The zero-order valence-electron chi connectivity index (χ0n) is 22.2. The van der Waals surface area contributed by atoms with Crippen molar-refractivity contribution in [2.75, 3.05) is 12.3 Å². The Labute approximate surface area is 210 Å². The Morgan fingerprint density at radius 2 is 1.59 bits per heavy atom. The van der Waals surface area contributed by atoms with E-state index in [-0.39, 0.29) is 11.7 Å². The van der Waals surface area contributed by atoms with Gasteiger partial charge in [0, 0.05) is 17.8 Å². The molecule has 0 aromatic heterocycles. The Balaban J connectivity index is 3.48. The number of unbranched alkanes of at least 4 members (excludes halogenated alkanes) is 1. The van der Waals surface area contributed by atoms with Crippen molar-refractivity contribution in [2.24, 2.45) is 0 Å². The minimum absolute atomic E-state index is 0.0572. The second-order valence-corrected chi connectivity index (χ2v) is 11.1. The predicted octanol–water partition coefficient (Wildman–Crippen LogP) is 4.71. The molecule has 7 nitrogen and oxygen atoms in total. The Morgan fingerprint density at radius 1 is 1.03 bits per heavy atom. The number of hydrogen-bond donors (Lipinski definition) is 3. The average Bonchev–Trinajstić information content (AvgIpc) is 2.66. The largest absolute Gasteiger partial charge is 0.444 e. The Bertz CT molecular complexity index is 838. The van der Waals surface area contributed by atoms with E-state index < -0.39 is 35.2 Å². The minimum Gasteiger partial charge on any atom is -0.444 e. The standard InChI is InChI=1S/C26H43N3O4S/c1-10-11-12-27-22(30)21(19-14-17(2)13-18(3)15-19)29(25(4,5)6)23(31)20(16-34)28-24(32)33-26(7,8)9/h13-15,20-21,34H,10-12,16H2,1-9H3,(H,27,30)(H,28,32). The number of alkyl carbamates (subject to hydrolysis) is 1. The third-order valence-corrected chi connectivity index (χ3v) is 5.39. The summed E-state index contributed by atoms with van der Waals surface area (Å²) in [4.78, 5) is 41.4. The van der Waals surface area contributed by atoms with Gasteiger partial charge in [0.1, 0.15) is 17.7 Å². The van der Waals surface area contributed by atoms with Gasteiger partial charge >= 0.3 is 6.09 Å². The minimum atomic E-state index is -0.964. The average molecular weight is 494 g/mol. The van der Waals surface area contributed by atoms with Gasteiger partial charge in [-0.05, 0) is 67.4 Å². The van der Waals surface area contributed by atoms with E-state index in [1.807, 2.05) is 52.8 Å². The molecule has 3 amide bonds. The quantitative estimate of drug-likeness (QED) is 0.343. The highest BCUT2D eigenvalue weighted by Gasteiger charge is 2.41. The first-order valence-corrected chi connectivity index (χ1v) is 12.5. The summed E-state index contributed by atoms with van der Waals surface area (Å²) in [5, 5.41) is 5.63. The van der Waals surface area contributed by atoms with Crippen LogP contribution in [0.5, 0.6) is 0 Å². The molecule has 0 spiro atoms. The van der Waals surface area contributed by atoms with Crippen LogP contribution in [0.1, 0.15) is 84.0 Å². The van der Waals surface area contributed by atoms with E-state index in [2.05, 4.69) is 30.2 Å². The van der Waals surface area contributed by atoms with Crippen molar-refractivity contribution in [3.63, 3.8) is 0 Å². The summed E-state index contributed by atoms with van der Waals surface area (Å²) < 4.78 is 5.34. The summed E-state index contributed by atoms with van der Waals surface area (Å²) >= 11 is 4.32. The number of benzene rings is 1. The molecule has 0 fully saturated rings. The molecule has 1 rings (SSSR count). The van der Waals surface area contributed by atoms with Gasteiger partial charge in [-0.2, -0.15) is 12.6 Å². The van der Waals surface area contributed by atoms with E-state index in [9.17, 15) is 14.4 Å². The lowest BCUT2D eigenvalue weighted by atomic mass is 9.93. The maximum Gasteiger partial charge on any atom is 0.408 e. The fourth-order valence-corrected chi connectivity index (χ4v) is 3.97. The molecule has 0 aliphatic carbocycles. The van der Waals surface area contributed by atoms with E-state index in [0.717, 1.165) is 29.5 Å². The second kappa shape index (κ2) is 12.5. The molecule has 0 aliphatic rings. The Morgan fingerprint density at radius 3 is 2.03 bits per heavy atom. The highest BCUT2D eigenvalue weighted by molar-refractivity contribution is 7.80. The molecule has 0 aliphatic heterocycles. The number of aryl methyl sites for hydroxylation is 2. The molecule has 192 valence electrons. The normalized spacial score (nSPS) is 13.6. The number of carbonyl (C=O) groups excluding carboxylic acids is 3. The summed E-state index contributed by atoms with van der Waals surface area (Å²) in [5.41, 5.74) is 1.29. The first-order chi connectivity index (χ1) is 15.6. The molecule has 2 unspecified atom stereocenters. The lowest BCUT2D eigenvalue weighted by Gasteiger charge is -2.43. The highest BCUT2D eigenvalue weighted by Crippen LogP contribution is 2.31. The Hall–Kier alpha value is -2.22. The molecule has 1 aromatic rings. The fourth-order valence-electron chi connectivity index (χ4n) is 3.72. The predicted molar refractivity (Wildman–Crippen MR) is 140 cm³/mol. The van der Waals surface area contributed by atoms with Crippen molar-refractivity contribution in [2.45, 2.75) is 98.4 Å². The summed E-state index contributed by atoms with van der Waals surface area (Å²) in [7, 11) is 0. The van der Waals surface area contributed by atoms with Crippen LogP contribution in [0.15, 0.2) is 18.2 Å². The van der Waals surface area contributed by atoms with Gasteiger partial charge < -0.3 is 20.3 Å². The van der Waals surface area contributed by atoms with Gasteiger partial charge in [0.25, 0.3) is 0 Å². The number of carbonyl (C=O) groups is 3. The molecule has 2 atom stereocenters. The first kappa shape index (κ1) is 29.8. The third kappa shape index (κ3) is 9.20. The van der Waals surface area contributed by atoms with Crippen molar-refractivity contribution in [3.05, 3.63) is 34.9 Å². The second-order valence-electron chi connectivity index (χ2n) is 10.7. The van der Waals surface area contributed by atoms with Crippen LogP contribution in [-0.4, -0.2) is 52.3 Å². The topological polar surface area (TPSA) is 87.7 Å². The van der Waals surface area contributed by atoms with Crippen molar-refractivity contribution < 1.29 is 19.1 Å². The molecule has 2 N–H and O–H groups in total. The molecule has 0 radical (unpaired) electrons. The number of thiol groups is 1. The van der Waals surface area contributed by atoms with Crippen LogP contribution in [0.4, 0.5) is 4.79 Å². The lowest BCUT2D eigenvalue weighted by Crippen LogP contribution is -2.59. The smallest absolute Gasteiger partial charge is 0.408 e. The molecule has 34 heavy (non-hydrogen) atoms. The Kier molecular flexibility index (Phi) is 10.9. The van der Waals surface area contributed by atoms with Gasteiger partial charge in [-0.3, -0.25) is 9.59 Å². The van der Waals surface area contributed by atoms with Gasteiger partial charge in [-0.1, -0.05) is 42.7 Å². The van der Waals surface area contributed by atoms with Crippen LogP contribution >= 0.6 is 12.6 Å². The SMILES string of the molecule is CCCCNC(=O)C(c1cc(C)cc(C)c1)N(C(=O)C(CS)NC(=O)OC(C)(C)C)C(C)(C)C. The van der Waals surface area contributed by atoms with Gasteiger partial charge in [-0.15, -0.1) is 0 Å². The van der Waals surface area contributed by atoms with Crippen LogP contribution in [-0.2, 0) is 14.3 Å². The summed E-state index contributed by atoms with van der Waals surface area (Å²) in [6, 6.07) is 4.06. The van der Waals surface area contributed by atoms with Crippen LogP contribution < -0.4 is 10.6 Å². The molecule has 0 saturated carbocycles. The lowest BCUT2D eigenvalue weighted by molar-refractivity contribution is -0.148. The zero-order valence-corrected chi connectivity index (χ0v) is 23.1. The summed E-state index contributed by atoms with van der Waals surface area (Å²) in [6.07, 6.45) is 1.08. The van der Waals surface area contributed by atoms with Crippen LogP contribution in [0, 0.1) is 13.8 Å². The van der Waals surface area contributed by atoms with Crippen LogP contribution in [0.2, 0.25) is 0 Å². The van der Waals surface area contributed by atoms with E-state index >= 15 is 0 Å². The third-order valence-electron chi connectivity index (χ3n) is 5.03. The first-order valence-electron chi connectivity index (χ1n) is 11.9. The molecule has 0 bridgehead atoms. The molecular weight excluding hydrogens is 450 g/mol. The molecular formula is C26H43N3O4S. The number of amides is 3. The van der Waals surface area contributed by atoms with Crippen LogP contribution in [0.25, 0.3) is 0 Å². The van der Waals surface area contributed by atoms with E-state index in [1.165, 1.54) is 0 Å². The zero-order chi connectivity index (χ0) is 26.3. The van der Waals surface area contributed by atoms with Crippen molar-refractivity contribution in [1.29, 1.82) is 0 Å². The monoisotopic (exact) mass is 493 g/mol. The van der Waals surface area contributed by atoms with E-state index in [1.54, 1.807) is 25.7 Å². The van der Waals surface area contributed by atoms with Gasteiger partial charge in [0.15, 0.2) is 0 Å². The molecule has 8 heteroatoms. The molecule has 0 heterocycles. The van der Waals surface area contributed by atoms with Crippen molar-refractivity contribution >= 4 is 30.5 Å². The van der Waals surface area contributed by atoms with Gasteiger partial charge in [0.2, 0.25) is 11.8 Å². The number of nitrogens with zero attached hydrogens (tertiary/aromatic N) is 1. The number of ether oxygens (including phenoxy) is 1. The number of nitrogens with one attached hydrogen (secondary N) is 2. The maximum atomic E-state index is 13.9. The van der Waals surface area contributed by atoms with Crippen LogP contribution in [0.3, 0.4) is 0 Å². The number of rotatable bonds is 9. The van der Waals surface area contributed by atoms with Crippen molar-refractivity contribution in [3.8, 4) is 0 Å². The van der Waals surface area contributed by atoms with Gasteiger partial charge in [0.05, 0.1) is 0 Å². The summed E-state index contributed by atoms with van der Waals surface area (Å²) in [6.45, 7) is 17.4. The highest BCUT2D eigenvalue weighted by atomic mass is 32.1. The van der Waals surface area contributed by atoms with E-state index in [0.29, 0.717) is 6.54 Å².